The van der Waals surface area contributed by atoms with Crippen molar-refractivity contribution in [3.05, 3.63) is 0 Å². The van der Waals surface area contributed by atoms with Crippen LogP contribution in [0.5, 0.6) is 0 Å². The Kier molecular flexibility index (Phi) is 6.11. The number of aliphatic carboxylic acids is 1. The first-order chi connectivity index (χ1) is 7.80. The van der Waals surface area contributed by atoms with Gasteiger partial charge in [0.2, 0.25) is 0 Å². The lowest BCUT2D eigenvalue weighted by Crippen LogP contribution is -2.48. The first-order valence-electron chi connectivity index (χ1n) is 5.56. The summed E-state index contributed by atoms with van der Waals surface area (Å²) in [5, 5.41) is 13.9. The minimum Gasteiger partial charge on any atom is -0.481 e. The van der Waals surface area contributed by atoms with Crippen molar-refractivity contribution >= 4 is 12.0 Å². The van der Waals surface area contributed by atoms with Crippen molar-refractivity contribution in [1.82, 2.24) is 10.6 Å². The van der Waals surface area contributed by atoms with E-state index < -0.39 is 11.5 Å². The molecule has 0 radical (unpaired) electrons. The SMILES string of the molecule is C#CC(C)(C)NC(=O)NCC(CC)CC(=O)O. The van der Waals surface area contributed by atoms with Gasteiger partial charge in [0.15, 0.2) is 0 Å². The average Bonchev–Trinajstić information content (AvgIpc) is 2.23. The molecule has 0 spiro atoms. The summed E-state index contributed by atoms with van der Waals surface area (Å²) in [6.07, 6.45) is 5.98. The number of carbonyl (C=O) groups excluding carboxylic acids is 1. The Labute approximate surface area is 102 Å². The third-order valence-electron chi connectivity index (χ3n) is 2.38. The van der Waals surface area contributed by atoms with E-state index in [1.807, 2.05) is 6.92 Å². The summed E-state index contributed by atoms with van der Waals surface area (Å²) >= 11 is 0. The summed E-state index contributed by atoms with van der Waals surface area (Å²) in [4.78, 5) is 22.0. The Bertz CT molecular complexity index is 318. The van der Waals surface area contributed by atoms with Crippen LogP contribution in [0, 0.1) is 18.3 Å². The zero-order valence-electron chi connectivity index (χ0n) is 10.5. The predicted molar refractivity (Wildman–Crippen MR) is 65.5 cm³/mol. The molecule has 0 heterocycles. The van der Waals surface area contributed by atoms with Crippen LogP contribution in [0.2, 0.25) is 0 Å². The molecule has 0 aromatic carbocycles. The fourth-order valence-corrected chi connectivity index (χ4v) is 1.21. The molecule has 5 nitrogen and oxygen atoms in total. The number of carbonyl (C=O) groups is 2. The second-order valence-electron chi connectivity index (χ2n) is 4.48. The molecule has 17 heavy (non-hydrogen) atoms. The summed E-state index contributed by atoms with van der Waals surface area (Å²) < 4.78 is 0. The zero-order valence-corrected chi connectivity index (χ0v) is 10.5. The fourth-order valence-electron chi connectivity index (χ4n) is 1.21. The van der Waals surface area contributed by atoms with Crippen molar-refractivity contribution < 1.29 is 14.7 Å². The van der Waals surface area contributed by atoms with Crippen LogP contribution in [0.1, 0.15) is 33.6 Å². The smallest absolute Gasteiger partial charge is 0.315 e. The van der Waals surface area contributed by atoms with Crippen molar-refractivity contribution in [2.75, 3.05) is 6.54 Å². The van der Waals surface area contributed by atoms with Gasteiger partial charge in [0.1, 0.15) is 0 Å². The van der Waals surface area contributed by atoms with E-state index >= 15 is 0 Å². The van der Waals surface area contributed by atoms with Crippen LogP contribution in [0.15, 0.2) is 0 Å². The predicted octanol–water partition coefficient (Wildman–Crippen LogP) is 1.20. The molecule has 0 saturated heterocycles. The number of urea groups is 1. The van der Waals surface area contributed by atoms with E-state index in [1.165, 1.54) is 0 Å². The maximum Gasteiger partial charge on any atom is 0.315 e. The van der Waals surface area contributed by atoms with Gasteiger partial charge in [-0.15, -0.1) is 6.42 Å². The average molecular weight is 240 g/mol. The number of carboxylic acid groups (broad SMARTS) is 1. The summed E-state index contributed by atoms with van der Waals surface area (Å²) in [6, 6.07) is -0.378. The molecule has 0 saturated carbocycles. The molecule has 1 unspecified atom stereocenters. The first kappa shape index (κ1) is 15.3. The van der Waals surface area contributed by atoms with Crippen LogP contribution in [-0.2, 0) is 4.79 Å². The normalized spacial score (nSPS) is 12.4. The van der Waals surface area contributed by atoms with Gasteiger partial charge in [0.05, 0.1) is 5.54 Å². The molecular formula is C12H20N2O3. The molecule has 0 aromatic rings. The van der Waals surface area contributed by atoms with Crippen molar-refractivity contribution in [2.24, 2.45) is 5.92 Å². The largest absolute Gasteiger partial charge is 0.481 e. The Balaban J connectivity index is 4.06. The Morgan fingerprint density at radius 3 is 2.47 bits per heavy atom. The summed E-state index contributed by atoms with van der Waals surface area (Å²) in [5.41, 5.74) is -0.710. The van der Waals surface area contributed by atoms with E-state index in [4.69, 9.17) is 11.5 Å². The van der Waals surface area contributed by atoms with E-state index in [9.17, 15) is 9.59 Å². The number of rotatable bonds is 6. The van der Waals surface area contributed by atoms with Gasteiger partial charge in [0, 0.05) is 13.0 Å². The summed E-state index contributed by atoms with van der Waals surface area (Å²) in [5.74, 6) is 1.52. The van der Waals surface area contributed by atoms with Gasteiger partial charge in [0.25, 0.3) is 0 Å². The highest BCUT2D eigenvalue weighted by Gasteiger charge is 2.18. The Hall–Kier alpha value is -1.70. The number of hydrogen-bond acceptors (Lipinski definition) is 2. The lowest BCUT2D eigenvalue weighted by atomic mass is 10.0. The molecule has 5 heteroatoms. The minimum absolute atomic E-state index is 0.0509. The van der Waals surface area contributed by atoms with E-state index in [0.717, 1.165) is 0 Å². The van der Waals surface area contributed by atoms with Gasteiger partial charge in [-0.1, -0.05) is 19.3 Å². The highest BCUT2D eigenvalue weighted by molar-refractivity contribution is 5.75. The highest BCUT2D eigenvalue weighted by Crippen LogP contribution is 2.06. The van der Waals surface area contributed by atoms with Gasteiger partial charge in [-0.3, -0.25) is 4.79 Å². The topological polar surface area (TPSA) is 78.4 Å². The number of carboxylic acids is 1. The number of terminal acetylenes is 1. The molecule has 0 fully saturated rings. The van der Waals surface area contributed by atoms with Gasteiger partial charge >= 0.3 is 12.0 Å². The molecule has 0 aliphatic carbocycles. The molecule has 0 aliphatic heterocycles. The summed E-state index contributed by atoms with van der Waals surface area (Å²) in [7, 11) is 0. The van der Waals surface area contributed by atoms with Gasteiger partial charge in [-0.05, 0) is 19.8 Å². The number of amides is 2. The second-order valence-corrected chi connectivity index (χ2v) is 4.48. The molecular weight excluding hydrogens is 220 g/mol. The molecule has 0 aromatic heterocycles. The van der Waals surface area contributed by atoms with Crippen LogP contribution < -0.4 is 10.6 Å². The summed E-state index contributed by atoms with van der Waals surface area (Å²) in [6.45, 7) is 5.64. The second kappa shape index (κ2) is 6.79. The third-order valence-corrected chi connectivity index (χ3v) is 2.38. The quantitative estimate of drug-likeness (QED) is 0.610. The van der Waals surface area contributed by atoms with Crippen LogP contribution in [0.25, 0.3) is 0 Å². The number of hydrogen-bond donors (Lipinski definition) is 3. The van der Waals surface area contributed by atoms with Crippen molar-refractivity contribution in [3.8, 4) is 12.3 Å². The molecule has 0 aliphatic rings. The molecule has 3 N–H and O–H groups in total. The molecule has 2 amide bonds. The standard InChI is InChI=1S/C12H20N2O3/c1-5-9(7-10(15)16)8-13-11(17)14-12(3,4)6-2/h2,9H,5,7-8H2,1,3-4H3,(H,15,16)(H2,13,14,17). The van der Waals surface area contributed by atoms with E-state index in [2.05, 4.69) is 16.6 Å². The van der Waals surface area contributed by atoms with Crippen LogP contribution in [0.4, 0.5) is 4.79 Å². The molecule has 0 bridgehead atoms. The lowest BCUT2D eigenvalue weighted by molar-refractivity contribution is -0.138. The maximum atomic E-state index is 11.5. The van der Waals surface area contributed by atoms with Gasteiger partial charge in [-0.25, -0.2) is 4.79 Å². The fraction of sp³-hybridized carbons (Fsp3) is 0.667. The highest BCUT2D eigenvalue weighted by atomic mass is 16.4. The lowest BCUT2D eigenvalue weighted by Gasteiger charge is -2.21. The van der Waals surface area contributed by atoms with Crippen molar-refractivity contribution in [2.45, 2.75) is 39.2 Å². The van der Waals surface area contributed by atoms with Crippen LogP contribution in [-0.4, -0.2) is 29.2 Å². The van der Waals surface area contributed by atoms with E-state index in [0.29, 0.717) is 13.0 Å². The monoisotopic (exact) mass is 240 g/mol. The Morgan fingerprint density at radius 1 is 1.47 bits per heavy atom. The van der Waals surface area contributed by atoms with Crippen molar-refractivity contribution in [1.29, 1.82) is 0 Å². The van der Waals surface area contributed by atoms with Crippen molar-refractivity contribution in [3.63, 3.8) is 0 Å². The van der Waals surface area contributed by atoms with E-state index in [1.54, 1.807) is 13.8 Å². The number of nitrogens with one attached hydrogen (secondary N) is 2. The minimum atomic E-state index is -0.858. The van der Waals surface area contributed by atoms with E-state index in [-0.39, 0.29) is 18.4 Å². The molecule has 96 valence electrons. The molecule has 1 atom stereocenters. The third kappa shape index (κ3) is 7.23. The maximum absolute atomic E-state index is 11.5. The van der Waals surface area contributed by atoms with Gasteiger partial charge in [-0.2, -0.15) is 0 Å². The first-order valence-corrected chi connectivity index (χ1v) is 5.56. The molecule has 0 rings (SSSR count). The van der Waals surface area contributed by atoms with Crippen LogP contribution >= 0.6 is 0 Å². The van der Waals surface area contributed by atoms with Crippen LogP contribution in [0.3, 0.4) is 0 Å². The zero-order chi connectivity index (χ0) is 13.5. The Morgan fingerprint density at radius 2 is 2.06 bits per heavy atom. The van der Waals surface area contributed by atoms with Gasteiger partial charge < -0.3 is 15.7 Å².